The molecule has 1 amide bonds. The molecule has 1 heterocycles. The number of hydrogen-bond acceptors (Lipinski definition) is 4. The summed E-state index contributed by atoms with van der Waals surface area (Å²) >= 11 is 0.804. The minimum Gasteiger partial charge on any atom is -0.375 e. The number of aromatic nitrogens is 1. The van der Waals surface area contributed by atoms with Crippen LogP contribution in [0.4, 0.5) is 18.3 Å². The van der Waals surface area contributed by atoms with Crippen LogP contribution in [0.5, 0.6) is 0 Å². The molecule has 0 spiro atoms. The van der Waals surface area contributed by atoms with Gasteiger partial charge >= 0.3 is 6.18 Å². The monoisotopic (exact) mass is 240 g/mol. The van der Waals surface area contributed by atoms with Crippen molar-refractivity contribution in [3.05, 3.63) is 11.1 Å². The molecule has 2 N–H and O–H groups in total. The summed E-state index contributed by atoms with van der Waals surface area (Å²) in [4.78, 5) is 13.4. The quantitative estimate of drug-likeness (QED) is 0.786. The summed E-state index contributed by atoms with van der Waals surface area (Å²) in [5, 5.41) is 12.4. The highest BCUT2D eigenvalue weighted by molar-refractivity contribution is 7.13. The van der Waals surface area contributed by atoms with E-state index in [2.05, 4.69) is 10.3 Å². The lowest BCUT2D eigenvalue weighted by atomic mass is 10.0. The number of nitrogens with zero attached hydrogens (tertiary/aromatic N) is 1. The maximum Gasteiger partial charge on any atom is 0.422 e. The number of nitrogens with one attached hydrogen (secondary N) is 1. The molecule has 0 aliphatic heterocycles. The van der Waals surface area contributed by atoms with Crippen molar-refractivity contribution in [3.63, 3.8) is 0 Å². The second kappa shape index (κ2) is 3.78. The number of aliphatic hydroxyl groups is 1. The lowest BCUT2D eigenvalue weighted by molar-refractivity contribution is -0.260. The van der Waals surface area contributed by atoms with E-state index in [1.54, 1.807) is 0 Å². The van der Waals surface area contributed by atoms with Gasteiger partial charge in [0.15, 0.2) is 5.13 Å². The average Bonchev–Trinajstić information content (AvgIpc) is 2.51. The fourth-order valence-corrected chi connectivity index (χ4v) is 1.53. The van der Waals surface area contributed by atoms with Crippen LogP contribution >= 0.6 is 11.3 Å². The SMILES string of the molecule is CC(O)(c1csc(NC=O)n1)C(F)(F)F. The van der Waals surface area contributed by atoms with Crippen LogP contribution in [0.2, 0.25) is 0 Å². The Morgan fingerprint density at radius 2 is 2.20 bits per heavy atom. The lowest BCUT2D eigenvalue weighted by Gasteiger charge is -2.23. The van der Waals surface area contributed by atoms with Crippen LogP contribution in [0.25, 0.3) is 0 Å². The summed E-state index contributed by atoms with van der Waals surface area (Å²) in [6.45, 7) is 0.604. The average molecular weight is 240 g/mol. The van der Waals surface area contributed by atoms with Gasteiger partial charge < -0.3 is 10.4 Å². The molecule has 8 heteroatoms. The van der Waals surface area contributed by atoms with Crippen molar-refractivity contribution in [2.45, 2.75) is 18.7 Å². The van der Waals surface area contributed by atoms with Crippen LogP contribution in [0.15, 0.2) is 5.38 Å². The first-order valence-corrected chi connectivity index (χ1v) is 4.62. The fraction of sp³-hybridized carbons (Fsp3) is 0.429. The van der Waals surface area contributed by atoms with E-state index in [4.69, 9.17) is 0 Å². The predicted molar refractivity (Wildman–Crippen MR) is 47.4 cm³/mol. The van der Waals surface area contributed by atoms with Gasteiger partial charge in [-0.25, -0.2) is 4.98 Å². The zero-order chi connectivity index (χ0) is 11.7. The molecule has 84 valence electrons. The smallest absolute Gasteiger partial charge is 0.375 e. The van der Waals surface area contributed by atoms with Crippen LogP contribution in [0, 0.1) is 0 Å². The summed E-state index contributed by atoms with van der Waals surface area (Å²) in [6.07, 6.45) is -4.51. The van der Waals surface area contributed by atoms with Gasteiger partial charge in [-0.2, -0.15) is 13.2 Å². The first-order chi connectivity index (χ1) is 6.79. The number of halogens is 3. The maximum absolute atomic E-state index is 12.3. The molecule has 1 aromatic rings. The van der Waals surface area contributed by atoms with Crippen LogP contribution in [-0.4, -0.2) is 22.7 Å². The van der Waals surface area contributed by atoms with E-state index in [1.165, 1.54) is 0 Å². The van der Waals surface area contributed by atoms with Crippen molar-refractivity contribution >= 4 is 22.9 Å². The number of carbonyl (C=O) groups is 1. The van der Waals surface area contributed by atoms with Gasteiger partial charge in [-0.3, -0.25) is 4.79 Å². The third kappa shape index (κ3) is 2.26. The first-order valence-electron chi connectivity index (χ1n) is 3.74. The Morgan fingerprint density at radius 3 is 2.67 bits per heavy atom. The first kappa shape index (κ1) is 11.9. The van der Waals surface area contributed by atoms with Crippen molar-refractivity contribution in [3.8, 4) is 0 Å². The van der Waals surface area contributed by atoms with Gasteiger partial charge in [0.05, 0.1) is 5.69 Å². The van der Waals surface area contributed by atoms with Crippen molar-refractivity contribution in [2.75, 3.05) is 5.32 Å². The van der Waals surface area contributed by atoms with Crippen molar-refractivity contribution < 1.29 is 23.1 Å². The Hall–Kier alpha value is -1.15. The zero-order valence-electron chi connectivity index (χ0n) is 7.50. The van der Waals surface area contributed by atoms with E-state index in [0.29, 0.717) is 13.3 Å². The van der Waals surface area contributed by atoms with Crippen molar-refractivity contribution in [2.24, 2.45) is 0 Å². The molecule has 0 fully saturated rings. The topological polar surface area (TPSA) is 62.2 Å². The molecule has 0 bridgehead atoms. The summed E-state index contributed by atoms with van der Waals surface area (Å²) in [7, 11) is 0. The van der Waals surface area contributed by atoms with Gasteiger partial charge in [-0.05, 0) is 6.92 Å². The zero-order valence-corrected chi connectivity index (χ0v) is 8.32. The highest BCUT2D eigenvalue weighted by Gasteiger charge is 2.52. The molecule has 0 aromatic carbocycles. The molecular formula is C7H7F3N2O2S. The summed E-state index contributed by atoms with van der Waals surface area (Å²) in [5.74, 6) is 0. The minimum atomic E-state index is -4.81. The van der Waals surface area contributed by atoms with Crippen LogP contribution in [0.1, 0.15) is 12.6 Å². The van der Waals surface area contributed by atoms with E-state index in [1.807, 2.05) is 0 Å². The lowest BCUT2D eigenvalue weighted by Crippen LogP contribution is -2.39. The van der Waals surface area contributed by atoms with Gasteiger partial charge in [0.1, 0.15) is 0 Å². The molecule has 1 atom stereocenters. The van der Waals surface area contributed by atoms with Gasteiger partial charge in [0, 0.05) is 5.38 Å². The highest BCUT2D eigenvalue weighted by Crippen LogP contribution is 2.39. The number of hydrogen-bond donors (Lipinski definition) is 2. The van der Waals surface area contributed by atoms with Gasteiger partial charge in [-0.15, -0.1) is 11.3 Å². The summed E-state index contributed by atoms with van der Waals surface area (Å²) < 4.78 is 37.0. The Morgan fingerprint density at radius 1 is 1.60 bits per heavy atom. The third-order valence-electron chi connectivity index (χ3n) is 1.74. The molecule has 0 saturated heterocycles. The van der Waals surface area contributed by atoms with Crippen LogP contribution in [0.3, 0.4) is 0 Å². The highest BCUT2D eigenvalue weighted by atomic mass is 32.1. The van der Waals surface area contributed by atoms with Gasteiger partial charge in [-0.1, -0.05) is 0 Å². The fourth-order valence-electron chi connectivity index (χ4n) is 0.759. The number of alkyl halides is 3. The van der Waals surface area contributed by atoms with Crippen molar-refractivity contribution in [1.29, 1.82) is 0 Å². The van der Waals surface area contributed by atoms with E-state index in [-0.39, 0.29) is 5.13 Å². The predicted octanol–water partition coefficient (Wildman–Crippen LogP) is 1.48. The van der Waals surface area contributed by atoms with Crippen molar-refractivity contribution in [1.82, 2.24) is 4.98 Å². The second-order valence-electron chi connectivity index (χ2n) is 2.87. The molecule has 0 aliphatic rings. The molecule has 0 aliphatic carbocycles. The third-order valence-corrected chi connectivity index (χ3v) is 2.51. The van der Waals surface area contributed by atoms with Gasteiger partial charge in [0.25, 0.3) is 0 Å². The minimum absolute atomic E-state index is 0.00419. The molecule has 0 radical (unpaired) electrons. The Balaban J connectivity index is 3.00. The van der Waals surface area contributed by atoms with Crippen LogP contribution < -0.4 is 5.32 Å². The largest absolute Gasteiger partial charge is 0.422 e. The van der Waals surface area contributed by atoms with E-state index in [9.17, 15) is 23.1 Å². The number of carbonyl (C=O) groups excluding carboxylic acids is 1. The Labute approximate surface area is 86.8 Å². The normalized spacial score (nSPS) is 15.8. The maximum atomic E-state index is 12.3. The van der Waals surface area contributed by atoms with Crippen LogP contribution in [-0.2, 0) is 10.4 Å². The van der Waals surface area contributed by atoms with E-state index < -0.39 is 17.5 Å². The second-order valence-corrected chi connectivity index (χ2v) is 3.73. The number of amides is 1. The standard InChI is InChI=1S/C7H7F3N2O2S/c1-6(14,7(8,9)10)4-2-15-5(12-4)11-3-13/h2-3,14H,1H3,(H,11,12,13). The molecule has 0 saturated carbocycles. The Kier molecular flexibility index (Phi) is 3.00. The van der Waals surface area contributed by atoms with E-state index in [0.717, 1.165) is 16.7 Å². The summed E-state index contributed by atoms with van der Waals surface area (Å²) in [6, 6.07) is 0. The molecule has 4 nitrogen and oxygen atoms in total. The molecule has 1 unspecified atom stereocenters. The Bertz CT molecular complexity index is 361. The number of thiazole rings is 1. The molecule has 1 rings (SSSR count). The van der Waals surface area contributed by atoms with E-state index >= 15 is 0 Å². The molecule has 15 heavy (non-hydrogen) atoms. The summed E-state index contributed by atoms with van der Waals surface area (Å²) in [5.41, 5.74) is -3.55. The number of rotatable bonds is 3. The number of anilines is 1. The van der Waals surface area contributed by atoms with Gasteiger partial charge in [0.2, 0.25) is 12.0 Å². The molecule has 1 aromatic heterocycles. The molecular weight excluding hydrogens is 233 g/mol.